The van der Waals surface area contributed by atoms with Crippen molar-refractivity contribution in [1.29, 1.82) is 0 Å². The fraction of sp³-hybridized carbons (Fsp3) is 0.556. The van der Waals surface area contributed by atoms with E-state index < -0.39 is 0 Å². The Bertz CT molecular complexity index is 182. The quantitative estimate of drug-likeness (QED) is 0.653. The Morgan fingerprint density at radius 3 is 2.82 bits per heavy atom. The van der Waals surface area contributed by atoms with Gasteiger partial charge >= 0.3 is 0 Å². The summed E-state index contributed by atoms with van der Waals surface area (Å²) < 4.78 is 5.55. The molecule has 0 aromatic rings. The smallest absolute Gasteiger partial charge is 0.118 e. The molecule has 2 nitrogen and oxygen atoms in total. The minimum Gasteiger partial charge on any atom is -0.493 e. The summed E-state index contributed by atoms with van der Waals surface area (Å²) in [5, 5.41) is 3.16. The minimum atomic E-state index is 0.261. The molecule has 0 fully saturated rings. The minimum absolute atomic E-state index is 0.261. The molecule has 1 unspecified atom stereocenters. The monoisotopic (exact) mass is 153 g/mol. The molecule has 2 heteroatoms. The third-order valence-electron chi connectivity index (χ3n) is 1.50. The summed E-state index contributed by atoms with van der Waals surface area (Å²) in [6, 6.07) is 0.308. The highest BCUT2D eigenvalue weighted by atomic mass is 16.5. The molecule has 1 aliphatic heterocycles. The summed E-state index contributed by atoms with van der Waals surface area (Å²) in [4.78, 5) is 0. The van der Waals surface area contributed by atoms with Gasteiger partial charge in [-0.15, -0.1) is 0 Å². The van der Waals surface area contributed by atoms with Gasteiger partial charge in [-0.05, 0) is 39.1 Å². The van der Waals surface area contributed by atoms with E-state index in [4.69, 9.17) is 4.74 Å². The van der Waals surface area contributed by atoms with E-state index in [0.29, 0.717) is 6.04 Å². The lowest BCUT2D eigenvalue weighted by Gasteiger charge is -2.21. The second-order valence-corrected chi connectivity index (χ2v) is 2.98. The van der Waals surface area contributed by atoms with Gasteiger partial charge in [-0.25, -0.2) is 0 Å². The summed E-state index contributed by atoms with van der Waals surface area (Å²) >= 11 is 0. The van der Waals surface area contributed by atoms with Crippen molar-refractivity contribution in [3.05, 3.63) is 24.1 Å². The zero-order valence-corrected chi connectivity index (χ0v) is 7.29. The lowest BCUT2D eigenvalue weighted by atomic mass is 10.2. The highest BCUT2D eigenvalue weighted by Crippen LogP contribution is 2.10. The van der Waals surface area contributed by atoms with Crippen LogP contribution < -0.4 is 5.32 Å². The Kier molecular flexibility index (Phi) is 2.58. The molecule has 1 heterocycles. The number of dihydropyridines is 1. The fourth-order valence-corrected chi connectivity index (χ4v) is 0.983. The van der Waals surface area contributed by atoms with Gasteiger partial charge in [-0.3, -0.25) is 0 Å². The summed E-state index contributed by atoms with van der Waals surface area (Å²) in [5.41, 5.74) is 0. The molecule has 1 aliphatic rings. The number of ether oxygens (including phenoxy) is 1. The van der Waals surface area contributed by atoms with E-state index in [1.54, 1.807) is 0 Å². The molecule has 0 bridgehead atoms. The van der Waals surface area contributed by atoms with Gasteiger partial charge in [0.25, 0.3) is 0 Å². The second kappa shape index (κ2) is 3.46. The molecule has 1 rings (SSSR count). The van der Waals surface area contributed by atoms with E-state index in [1.165, 1.54) is 0 Å². The summed E-state index contributed by atoms with van der Waals surface area (Å²) in [6.45, 7) is 6.15. The van der Waals surface area contributed by atoms with Crippen LogP contribution >= 0.6 is 0 Å². The van der Waals surface area contributed by atoms with Gasteiger partial charge in [0.2, 0.25) is 0 Å². The van der Waals surface area contributed by atoms with Crippen LogP contribution in [0.5, 0.6) is 0 Å². The Morgan fingerprint density at radius 2 is 2.27 bits per heavy atom. The van der Waals surface area contributed by atoms with Crippen molar-refractivity contribution < 1.29 is 4.74 Å². The normalized spacial score (nSPS) is 22.9. The molecule has 0 amide bonds. The first-order chi connectivity index (χ1) is 5.20. The molecule has 0 aromatic heterocycles. The third-order valence-corrected chi connectivity index (χ3v) is 1.50. The molecule has 11 heavy (non-hydrogen) atoms. The first-order valence-corrected chi connectivity index (χ1v) is 3.99. The van der Waals surface area contributed by atoms with Crippen LogP contribution in [-0.4, -0.2) is 12.1 Å². The Labute approximate surface area is 67.9 Å². The van der Waals surface area contributed by atoms with Gasteiger partial charge in [-0.2, -0.15) is 0 Å². The molecule has 1 N–H and O–H groups in total. The van der Waals surface area contributed by atoms with E-state index >= 15 is 0 Å². The van der Waals surface area contributed by atoms with E-state index in [9.17, 15) is 0 Å². The van der Waals surface area contributed by atoms with Crippen molar-refractivity contribution in [2.45, 2.75) is 32.9 Å². The molecule has 0 saturated carbocycles. The van der Waals surface area contributed by atoms with E-state index in [-0.39, 0.29) is 6.10 Å². The predicted octanol–water partition coefficient (Wildman–Crippen LogP) is 1.80. The predicted molar refractivity (Wildman–Crippen MR) is 46.0 cm³/mol. The fourth-order valence-electron chi connectivity index (χ4n) is 0.983. The van der Waals surface area contributed by atoms with E-state index in [1.807, 2.05) is 32.2 Å². The molecule has 62 valence electrons. The number of nitrogens with one attached hydrogen (secondary N) is 1. The lowest BCUT2D eigenvalue weighted by Crippen LogP contribution is -2.27. The van der Waals surface area contributed by atoms with Gasteiger partial charge in [0.15, 0.2) is 0 Å². The van der Waals surface area contributed by atoms with Crippen molar-refractivity contribution in [3.8, 4) is 0 Å². The van der Waals surface area contributed by atoms with Crippen molar-refractivity contribution in [3.63, 3.8) is 0 Å². The van der Waals surface area contributed by atoms with Crippen molar-refractivity contribution in [1.82, 2.24) is 5.32 Å². The van der Waals surface area contributed by atoms with Crippen LogP contribution in [-0.2, 0) is 4.74 Å². The SMILES string of the molecule is CC(C)OC1=CC=CNC1C. The van der Waals surface area contributed by atoms with Gasteiger partial charge < -0.3 is 10.1 Å². The number of allylic oxidation sites excluding steroid dienone is 2. The average Bonchev–Trinajstić information content (AvgIpc) is 1.93. The number of hydrogen-bond acceptors (Lipinski definition) is 2. The van der Waals surface area contributed by atoms with Gasteiger partial charge in [-0.1, -0.05) is 0 Å². The molecular weight excluding hydrogens is 138 g/mol. The second-order valence-electron chi connectivity index (χ2n) is 2.98. The van der Waals surface area contributed by atoms with Crippen LogP contribution in [0.3, 0.4) is 0 Å². The van der Waals surface area contributed by atoms with Crippen LogP contribution in [0.1, 0.15) is 20.8 Å². The molecule has 0 radical (unpaired) electrons. The molecular formula is C9H15NO. The van der Waals surface area contributed by atoms with Crippen LogP contribution in [0.2, 0.25) is 0 Å². The van der Waals surface area contributed by atoms with Gasteiger partial charge in [0, 0.05) is 0 Å². The zero-order chi connectivity index (χ0) is 8.27. The van der Waals surface area contributed by atoms with Crippen molar-refractivity contribution in [2.75, 3.05) is 0 Å². The van der Waals surface area contributed by atoms with Crippen molar-refractivity contribution >= 4 is 0 Å². The average molecular weight is 153 g/mol. The maximum absolute atomic E-state index is 5.55. The highest BCUT2D eigenvalue weighted by Gasteiger charge is 2.10. The maximum Gasteiger partial charge on any atom is 0.118 e. The van der Waals surface area contributed by atoms with Crippen molar-refractivity contribution in [2.24, 2.45) is 0 Å². The molecule has 0 aromatic carbocycles. The standard InChI is InChI=1S/C9H15NO/c1-7(2)11-9-5-4-6-10-8(9)3/h4-8,10H,1-3H3. The van der Waals surface area contributed by atoms with E-state index in [0.717, 1.165) is 5.76 Å². The largest absolute Gasteiger partial charge is 0.493 e. The van der Waals surface area contributed by atoms with Crippen LogP contribution in [0.25, 0.3) is 0 Å². The van der Waals surface area contributed by atoms with E-state index in [2.05, 4.69) is 12.2 Å². The number of hydrogen-bond donors (Lipinski definition) is 1. The summed E-state index contributed by atoms with van der Waals surface area (Å²) in [7, 11) is 0. The summed E-state index contributed by atoms with van der Waals surface area (Å²) in [6.07, 6.45) is 6.15. The Morgan fingerprint density at radius 1 is 1.55 bits per heavy atom. The Balaban J connectivity index is 2.54. The molecule has 0 spiro atoms. The highest BCUT2D eigenvalue weighted by molar-refractivity contribution is 5.17. The molecule has 0 saturated heterocycles. The molecule has 1 atom stereocenters. The maximum atomic E-state index is 5.55. The topological polar surface area (TPSA) is 21.3 Å². The molecule has 0 aliphatic carbocycles. The lowest BCUT2D eigenvalue weighted by molar-refractivity contribution is 0.131. The zero-order valence-electron chi connectivity index (χ0n) is 7.29. The summed E-state index contributed by atoms with van der Waals surface area (Å²) in [5.74, 6) is 1.02. The van der Waals surface area contributed by atoms with Crippen LogP contribution in [0.4, 0.5) is 0 Å². The third kappa shape index (κ3) is 2.30. The van der Waals surface area contributed by atoms with Crippen LogP contribution in [0.15, 0.2) is 24.1 Å². The van der Waals surface area contributed by atoms with Crippen LogP contribution in [0, 0.1) is 0 Å². The van der Waals surface area contributed by atoms with Gasteiger partial charge in [0.1, 0.15) is 5.76 Å². The first kappa shape index (κ1) is 8.18. The number of rotatable bonds is 2. The Hall–Kier alpha value is -0.920. The van der Waals surface area contributed by atoms with Gasteiger partial charge in [0.05, 0.1) is 12.1 Å². The first-order valence-electron chi connectivity index (χ1n) is 3.99.